The first kappa shape index (κ1) is 21.9. The summed E-state index contributed by atoms with van der Waals surface area (Å²) < 4.78 is 4.72. The minimum absolute atomic E-state index is 0.115. The Morgan fingerprint density at radius 1 is 0.621 bits per heavy atom. The van der Waals surface area contributed by atoms with Crippen LogP contribution in [0.15, 0.2) is 0 Å². The molecule has 0 aromatic heterocycles. The highest BCUT2D eigenvalue weighted by molar-refractivity contribution is 14.1. The molecule has 0 saturated carbocycles. The fraction of sp³-hybridized carbons (Fsp3) is 1.00. The largest absolute Gasteiger partial charge is 0.357 e. The van der Waals surface area contributed by atoms with Gasteiger partial charge < -0.3 is 0 Å². The Balaban J connectivity index is 1.93. The summed E-state index contributed by atoms with van der Waals surface area (Å²) in [7, 11) is 0.920. The van der Waals surface area contributed by atoms with Crippen molar-refractivity contribution in [2.24, 2.45) is 40.9 Å². The van der Waals surface area contributed by atoms with Crippen LogP contribution in [-0.4, -0.2) is 47.8 Å². The Morgan fingerprint density at radius 2 is 0.966 bits per heavy atom. The molecule has 6 bridgehead atoms. The average molecular weight is 558 g/mol. The Labute approximate surface area is 170 Å². The highest BCUT2D eigenvalue weighted by Crippen LogP contribution is 2.38. The van der Waals surface area contributed by atoms with Gasteiger partial charge in [0.1, 0.15) is 5.34 Å². The molecule has 0 spiro atoms. The van der Waals surface area contributed by atoms with Crippen molar-refractivity contribution in [3.8, 4) is 0 Å². The van der Waals surface area contributed by atoms with Gasteiger partial charge in [0.2, 0.25) is 52.6 Å². The second kappa shape index (κ2) is 6.12. The third-order valence-corrected chi connectivity index (χ3v) is 3.19. The predicted octanol–water partition coefficient (Wildman–Crippen LogP) is -6.60. The standard InChI is InChI=1S/CH17IN15O12/c1-11-21-15(7)24-12(4,18-2)25-16(8,22-11)27-14(6)20-10(3)19-13(5,26-15)28-17(9,23-11)29-14/h3-9H2,1H3/q+7. The van der Waals surface area contributed by atoms with Crippen molar-refractivity contribution in [1.82, 2.24) is 5.34 Å². The molecule has 4 saturated heterocycles. The van der Waals surface area contributed by atoms with E-state index in [9.17, 15) is 0 Å². The zero-order chi connectivity index (χ0) is 21.6. The fourth-order valence-electron chi connectivity index (χ4n) is 2.12. The van der Waals surface area contributed by atoms with E-state index >= 15 is 0 Å². The summed E-state index contributed by atoms with van der Waals surface area (Å²) in [6.07, 6.45) is 0. The summed E-state index contributed by atoms with van der Waals surface area (Å²) in [5, 5.41) is -13.0. The number of hydroxylamine groups is 3. The lowest BCUT2D eigenvalue weighted by Gasteiger charge is -2.37. The van der Waals surface area contributed by atoms with E-state index < -0.39 is 35.5 Å². The van der Waals surface area contributed by atoms with Crippen molar-refractivity contribution in [3.05, 3.63) is 0 Å². The van der Waals surface area contributed by atoms with Crippen LogP contribution in [0, 0.1) is 0 Å². The van der Waals surface area contributed by atoms with Gasteiger partial charge in [0.25, 0.3) is 4.97 Å². The third kappa shape index (κ3) is 4.10. The summed E-state index contributed by atoms with van der Waals surface area (Å²) in [6.45, 7) is 0. The van der Waals surface area contributed by atoms with Crippen LogP contribution in [0.5, 0.6) is 0 Å². The molecule has 0 aliphatic carbocycles. The topological polar surface area (TPSA) is 296 Å². The van der Waals surface area contributed by atoms with Crippen molar-refractivity contribution in [3.63, 3.8) is 0 Å². The molecule has 4 unspecified atom stereocenters. The summed E-state index contributed by atoms with van der Waals surface area (Å²) in [5.74, 6) is 39.7. The van der Waals surface area contributed by atoms with Gasteiger partial charge in [-0.25, -0.2) is 5.84 Å². The maximum atomic E-state index is 5.78. The van der Waals surface area contributed by atoms with Crippen LogP contribution in [0.1, 0.15) is 0 Å². The Bertz CT molecular complexity index is 648. The van der Waals surface area contributed by atoms with Gasteiger partial charge >= 0.3 is 30.5 Å². The maximum Gasteiger partial charge on any atom is 0.357 e. The molecular weight excluding hydrogens is 541 g/mol. The number of nitrogens with two attached hydrogens (primary N) is 7. The van der Waals surface area contributed by atoms with Crippen LogP contribution in [0.3, 0.4) is 0 Å². The Kier molecular flexibility index (Phi) is 4.61. The van der Waals surface area contributed by atoms with Gasteiger partial charge in [-0.3, -0.25) is 0 Å². The van der Waals surface area contributed by atoms with Gasteiger partial charge in [0.05, 0.1) is 0 Å². The number of rotatable bonds is 1. The lowest BCUT2D eigenvalue weighted by atomic mass is 11.5. The lowest BCUT2D eigenvalue weighted by molar-refractivity contribution is -1.89. The van der Waals surface area contributed by atoms with E-state index in [2.05, 4.69) is 0 Å². The molecule has 29 heavy (non-hydrogen) atoms. The van der Waals surface area contributed by atoms with E-state index in [1.165, 1.54) is 23.0 Å². The van der Waals surface area contributed by atoms with Gasteiger partial charge in [0, 0.05) is 9.88 Å². The van der Waals surface area contributed by atoms with Crippen molar-refractivity contribution in [1.29, 1.82) is 0 Å². The molecule has 27 nitrogen and oxygen atoms in total. The lowest BCUT2D eigenvalue weighted by Crippen LogP contribution is -2.89. The first-order valence-electron chi connectivity index (χ1n) is 6.61. The van der Waals surface area contributed by atoms with E-state index in [-0.39, 0.29) is 5.34 Å². The fourth-order valence-corrected chi connectivity index (χ4v) is 2.26. The second-order valence-electron chi connectivity index (χ2n) is 5.26. The van der Waals surface area contributed by atoms with Crippen LogP contribution < -0.4 is 40.9 Å². The molecule has 168 valence electrons. The number of halogens is 1. The van der Waals surface area contributed by atoms with Crippen LogP contribution in [-0.2, 0) is 57.5 Å². The summed E-state index contributed by atoms with van der Waals surface area (Å²) in [4.78, 5) is 53.1. The number of hydrazine groups is 1. The van der Waals surface area contributed by atoms with E-state index in [0.717, 1.165) is 7.05 Å². The van der Waals surface area contributed by atoms with Crippen LogP contribution >= 0.6 is 23.0 Å². The third-order valence-electron chi connectivity index (χ3n) is 2.64. The monoisotopic (exact) mass is 558 g/mol. The van der Waals surface area contributed by atoms with E-state index in [1.807, 2.05) is 0 Å². The number of hydrogen-bond donors (Lipinski definition) is 7. The smallest absolute Gasteiger partial charge is 0.209 e. The summed E-state index contributed by atoms with van der Waals surface area (Å²) in [5.41, 5.74) is 0. The van der Waals surface area contributed by atoms with Gasteiger partial charge in [-0.05, 0) is 3.17 Å². The minimum atomic E-state index is -2.20. The first-order chi connectivity index (χ1) is 13.0. The molecule has 0 amide bonds. The second-order valence-corrected chi connectivity index (χ2v) is 5.66. The normalized spacial score (nSPS) is 58.7. The van der Waals surface area contributed by atoms with Gasteiger partial charge in [-0.2, -0.15) is 0 Å². The molecule has 0 aromatic carbocycles. The molecule has 4 aliphatic heterocycles. The van der Waals surface area contributed by atoms with Crippen LogP contribution in [0.25, 0.3) is 0 Å². The molecule has 0 aromatic rings. The first-order valence-corrected chi connectivity index (χ1v) is 7.49. The molecule has 4 aliphatic rings. The Morgan fingerprint density at radius 3 is 1.31 bits per heavy atom. The van der Waals surface area contributed by atoms with Crippen molar-refractivity contribution in [2.75, 3.05) is 7.05 Å². The van der Waals surface area contributed by atoms with Gasteiger partial charge in [-0.15, -0.1) is 0 Å². The highest BCUT2D eigenvalue weighted by atomic mass is 127. The molecule has 4 fully saturated rings. The number of quaternary nitrogens is 7. The Hall–Kier alpha value is -0.350. The molecular formula is CH17IN15O12+7. The average Bonchev–Trinajstić information content (AvgIpc) is 2.36. The maximum absolute atomic E-state index is 5.78. The SMILES string of the molecule is C[N+]12O[N+]3(N)O[N+](N)(OI)O[N+](N)(O1)O[N+]1(N)ON(N)O[N+](N)(O3)O[N+](N)(O2)O1. The highest BCUT2D eigenvalue weighted by Gasteiger charge is 2.86. The van der Waals surface area contributed by atoms with Crippen molar-refractivity contribution >= 4 is 23.0 Å². The van der Waals surface area contributed by atoms with Crippen molar-refractivity contribution < 1.29 is 93.0 Å². The quantitative estimate of drug-likeness (QED) is 0.0894. The van der Waals surface area contributed by atoms with Gasteiger partial charge in [-0.1, -0.05) is 35.1 Å². The molecule has 28 heteroatoms. The molecule has 4 atom stereocenters. The summed E-state index contributed by atoms with van der Waals surface area (Å²) in [6, 6.07) is 0. The number of nitrogens with zero attached hydrogens (tertiary/aromatic N) is 8. The van der Waals surface area contributed by atoms with E-state index in [1.54, 1.807) is 0 Å². The molecule has 14 N–H and O–H groups in total. The van der Waals surface area contributed by atoms with Gasteiger partial charge in [0.15, 0.2) is 21.9 Å². The predicted molar refractivity (Wildman–Crippen MR) is 65.9 cm³/mol. The van der Waals surface area contributed by atoms with Crippen LogP contribution in [0.2, 0.25) is 0 Å². The number of hydrogen-bond acceptors (Lipinski definition) is 20. The van der Waals surface area contributed by atoms with Crippen molar-refractivity contribution in [2.45, 2.75) is 0 Å². The zero-order valence-electron chi connectivity index (χ0n) is 13.9. The molecule has 4 rings (SSSR count). The van der Waals surface area contributed by atoms with E-state index in [4.69, 9.17) is 98.4 Å². The van der Waals surface area contributed by atoms with Crippen LogP contribution in [0.4, 0.5) is 0 Å². The molecule has 0 radical (unpaired) electrons. The van der Waals surface area contributed by atoms with E-state index in [0.29, 0.717) is 0 Å². The zero-order valence-corrected chi connectivity index (χ0v) is 16.1. The molecule has 4 heterocycles. The number of fused-ring (bicyclic) bond motifs is 4. The summed E-state index contributed by atoms with van der Waals surface area (Å²) >= 11 is 1.19. The minimum Gasteiger partial charge on any atom is -0.209 e.